The predicted molar refractivity (Wildman–Crippen MR) is 168 cm³/mol. The first kappa shape index (κ1) is 33.2. The van der Waals surface area contributed by atoms with Gasteiger partial charge in [0.1, 0.15) is 23.3 Å². The normalized spacial score (nSPS) is 20.4. The summed E-state index contributed by atoms with van der Waals surface area (Å²) < 4.78 is 46.5. The van der Waals surface area contributed by atoms with Crippen LogP contribution in [0.5, 0.6) is 11.6 Å². The Labute approximate surface area is 275 Å². The third kappa shape index (κ3) is 7.09. The molecule has 3 aliphatic heterocycles. The maximum Gasteiger partial charge on any atom is 0.301 e. The number of rotatable bonds is 10. The molecule has 48 heavy (non-hydrogen) atoms. The number of nitriles is 1. The SMILES string of the molecule is COc1nc(Nc2nccc(-c3ccc(OC4CCN(C(=O)[C@@H](O)CO)CC4(F)F)c(C#N)c3)n2)ccc1N1CCN(C2COC2)CC1. The molecule has 5 heterocycles. The number of nitrogens with one attached hydrogen (secondary N) is 1. The van der Waals surface area contributed by atoms with Gasteiger partial charge in [0.15, 0.2) is 12.2 Å². The predicted octanol–water partition coefficient (Wildman–Crippen LogP) is 1.65. The molecule has 1 aromatic carbocycles. The molecule has 14 nitrogen and oxygen atoms in total. The number of hydrogen-bond donors (Lipinski definition) is 3. The van der Waals surface area contributed by atoms with Gasteiger partial charge in [0.2, 0.25) is 11.8 Å². The first-order chi connectivity index (χ1) is 23.2. The monoisotopic (exact) mass is 666 g/mol. The molecule has 3 N–H and O–H groups in total. The highest BCUT2D eigenvalue weighted by Gasteiger charge is 2.48. The van der Waals surface area contributed by atoms with Crippen LogP contribution in [0, 0.1) is 11.3 Å². The summed E-state index contributed by atoms with van der Waals surface area (Å²) in [6.45, 7) is 3.19. The average molecular weight is 667 g/mol. The molecule has 3 fully saturated rings. The molecule has 254 valence electrons. The standard InChI is InChI=1S/C32H36F2N8O6/c1-46-29-24(41-12-10-40(11-13-41)22-17-47-18-22)3-5-28(38-29)39-31-36-8-6-23(37-31)20-2-4-26(21(14-20)15-35)48-27-7-9-42(19-32(27,33)34)30(45)25(44)16-43/h2-6,8,14,22,25,27,43-44H,7,9-13,16-19H2,1H3,(H,36,37,38,39)/t25-,27?/m0/s1. The quantitative estimate of drug-likeness (QED) is 0.286. The van der Waals surface area contributed by atoms with E-state index in [4.69, 9.17) is 19.3 Å². The molecule has 1 unspecified atom stereocenters. The van der Waals surface area contributed by atoms with E-state index in [1.165, 1.54) is 12.1 Å². The second kappa shape index (κ2) is 14.2. The van der Waals surface area contributed by atoms with E-state index < -0.39 is 37.2 Å². The minimum Gasteiger partial charge on any atom is -0.483 e. The van der Waals surface area contributed by atoms with Crippen molar-refractivity contribution in [1.29, 1.82) is 5.26 Å². The van der Waals surface area contributed by atoms with Gasteiger partial charge in [-0.3, -0.25) is 9.69 Å². The van der Waals surface area contributed by atoms with Gasteiger partial charge in [-0.15, -0.1) is 0 Å². The number of alkyl halides is 2. The first-order valence-corrected chi connectivity index (χ1v) is 15.6. The molecule has 1 amide bonds. The van der Waals surface area contributed by atoms with E-state index in [0.29, 0.717) is 29.0 Å². The lowest BCUT2D eigenvalue weighted by Crippen LogP contribution is -2.57. The molecule has 0 aliphatic carbocycles. The Balaban J connectivity index is 1.12. The van der Waals surface area contributed by atoms with E-state index in [9.17, 15) is 23.9 Å². The molecule has 0 radical (unpaired) electrons. The summed E-state index contributed by atoms with van der Waals surface area (Å²) in [7, 11) is 1.57. The second-order valence-corrected chi connectivity index (χ2v) is 11.8. The molecule has 6 rings (SSSR count). The number of aliphatic hydroxyl groups excluding tert-OH is 2. The van der Waals surface area contributed by atoms with Crippen molar-refractivity contribution in [1.82, 2.24) is 24.8 Å². The zero-order valence-corrected chi connectivity index (χ0v) is 26.3. The third-order valence-corrected chi connectivity index (χ3v) is 8.69. The topological polar surface area (TPSA) is 169 Å². The summed E-state index contributed by atoms with van der Waals surface area (Å²) >= 11 is 0. The fourth-order valence-electron chi connectivity index (χ4n) is 5.92. The van der Waals surface area contributed by atoms with E-state index in [1.54, 1.807) is 25.4 Å². The number of amides is 1. The lowest BCUT2D eigenvalue weighted by atomic mass is 10.0. The smallest absolute Gasteiger partial charge is 0.301 e. The summed E-state index contributed by atoms with van der Waals surface area (Å²) in [5.41, 5.74) is 1.91. The highest BCUT2D eigenvalue weighted by Crippen LogP contribution is 2.34. The van der Waals surface area contributed by atoms with Gasteiger partial charge in [0, 0.05) is 50.9 Å². The van der Waals surface area contributed by atoms with Crippen molar-refractivity contribution in [3.63, 3.8) is 0 Å². The van der Waals surface area contributed by atoms with Crippen LogP contribution in [0.15, 0.2) is 42.6 Å². The molecule has 0 saturated carbocycles. The number of aromatic nitrogens is 3. The Bertz CT molecular complexity index is 1660. The number of pyridine rings is 1. The fourth-order valence-corrected chi connectivity index (χ4v) is 5.92. The summed E-state index contributed by atoms with van der Waals surface area (Å²) in [5.74, 6) is -3.29. The van der Waals surface area contributed by atoms with Crippen LogP contribution >= 0.6 is 0 Å². The highest BCUT2D eigenvalue weighted by atomic mass is 19.3. The lowest BCUT2D eigenvalue weighted by molar-refractivity contribution is -0.167. The number of hydrogen-bond acceptors (Lipinski definition) is 13. The average Bonchev–Trinajstić information content (AvgIpc) is 3.08. The van der Waals surface area contributed by atoms with Crippen LogP contribution in [0.1, 0.15) is 12.0 Å². The van der Waals surface area contributed by atoms with Crippen LogP contribution in [0.3, 0.4) is 0 Å². The van der Waals surface area contributed by atoms with Crippen LogP contribution in [-0.2, 0) is 9.53 Å². The Kier molecular flexibility index (Phi) is 9.83. The summed E-state index contributed by atoms with van der Waals surface area (Å²) in [5, 5.41) is 31.5. The van der Waals surface area contributed by atoms with Crippen molar-refractivity contribution in [2.75, 3.05) is 76.4 Å². The zero-order chi connectivity index (χ0) is 33.8. The molecule has 3 saturated heterocycles. The molecule has 16 heteroatoms. The van der Waals surface area contributed by atoms with Crippen molar-refractivity contribution in [3.05, 3.63) is 48.2 Å². The molecule has 3 aromatic rings. The number of aliphatic hydroxyl groups is 2. The van der Waals surface area contributed by atoms with Crippen LogP contribution in [0.2, 0.25) is 0 Å². The van der Waals surface area contributed by atoms with E-state index in [2.05, 4.69) is 30.1 Å². The minimum atomic E-state index is -3.46. The van der Waals surface area contributed by atoms with Crippen LogP contribution in [0.25, 0.3) is 11.3 Å². The Morgan fingerprint density at radius 2 is 1.96 bits per heavy atom. The van der Waals surface area contributed by atoms with Crippen molar-refractivity contribution < 1.29 is 38.0 Å². The van der Waals surface area contributed by atoms with E-state index in [0.717, 1.165) is 50.0 Å². The number of halogens is 2. The first-order valence-electron chi connectivity index (χ1n) is 15.6. The molecular formula is C32H36F2N8O6. The Morgan fingerprint density at radius 3 is 2.62 bits per heavy atom. The van der Waals surface area contributed by atoms with Gasteiger partial charge in [-0.2, -0.15) is 10.2 Å². The number of anilines is 3. The van der Waals surface area contributed by atoms with Gasteiger partial charge in [-0.1, -0.05) is 0 Å². The maximum atomic E-state index is 15.0. The minimum absolute atomic E-state index is 0.0227. The van der Waals surface area contributed by atoms with Gasteiger partial charge in [0.25, 0.3) is 5.91 Å². The Hall–Kier alpha value is -4.69. The van der Waals surface area contributed by atoms with Crippen LogP contribution in [0.4, 0.5) is 26.2 Å². The number of ether oxygens (including phenoxy) is 3. The lowest BCUT2D eigenvalue weighted by Gasteiger charge is -2.43. The molecule has 0 spiro atoms. The van der Waals surface area contributed by atoms with Gasteiger partial charge >= 0.3 is 5.92 Å². The van der Waals surface area contributed by atoms with E-state index in [-0.39, 0.29) is 30.2 Å². The number of nitrogens with zero attached hydrogens (tertiary/aromatic N) is 7. The molecule has 2 atom stereocenters. The number of methoxy groups -OCH3 is 1. The van der Waals surface area contributed by atoms with E-state index >= 15 is 0 Å². The maximum absolute atomic E-state index is 15.0. The van der Waals surface area contributed by atoms with Gasteiger partial charge in [0.05, 0.1) is 50.8 Å². The highest BCUT2D eigenvalue weighted by molar-refractivity contribution is 5.81. The second-order valence-electron chi connectivity index (χ2n) is 11.8. The van der Waals surface area contributed by atoms with E-state index in [1.807, 2.05) is 18.2 Å². The Morgan fingerprint density at radius 1 is 1.17 bits per heavy atom. The van der Waals surface area contributed by atoms with Crippen LogP contribution in [-0.4, -0.2) is 131 Å². The van der Waals surface area contributed by atoms with Crippen molar-refractivity contribution >= 4 is 23.4 Å². The van der Waals surface area contributed by atoms with Crippen molar-refractivity contribution in [3.8, 4) is 29.0 Å². The summed E-state index contributed by atoms with van der Waals surface area (Å²) in [4.78, 5) is 31.1. The molecule has 0 bridgehead atoms. The number of carbonyl (C=O) groups is 1. The van der Waals surface area contributed by atoms with Gasteiger partial charge in [-0.25, -0.2) is 18.7 Å². The molecular weight excluding hydrogens is 630 g/mol. The number of benzene rings is 1. The molecule has 3 aliphatic rings. The summed E-state index contributed by atoms with van der Waals surface area (Å²) in [6, 6.07) is 12.4. The number of piperidine rings is 1. The van der Waals surface area contributed by atoms with Crippen molar-refractivity contribution in [2.24, 2.45) is 0 Å². The largest absolute Gasteiger partial charge is 0.483 e. The van der Waals surface area contributed by atoms with Gasteiger partial charge < -0.3 is 39.5 Å². The zero-order valence-electron chi connectivity index (χ0n) is 26.3. The number of carbonyl (C=O) groups excluding carboxylic acids is 1. The van der Waals surface area contributed by atoms with Crippen molar-refractivity contribution in [2.45, 2.75) is 30.6 Å². The molecule has 2 aromatic heterocycles. The van der Waals surface area contributed by atoms with Gasteiger partial charge in [-0.05, 0) is 36.4 Å². The number of likely N-dealkylation sites (tertiary alicyclic amines) is 1. The number of piperazine rings is 1. The van der Waals surface area contributed by atoms with Crippen LogP contribution < -0.4 is 19.7 Å². The third-order valence-electron chi connectivity index (χ3n) is 8.69. The fraction of sp³-hybridized carbons (Fsp3) is 0.469. The summed E-state index contributed by atoms with van der Waals surface area (Å²) in [6.07, 6.45) is -2.07.